The predicted octanol–water partition coefficient (Wildman–Crippen LogP) is 4.01. The Kier molecular flexibility index (Phi) is 6.38. The summed E-state index contributed by atoms with van der Waals surface area (Å²) < 4.78 is 5.56. The van der Waals surface area contributed by atoms with Gasteiger partial charge in [-0.1, -0.05) is 42.5 Å². The van der Waals surface area contributed by atoms with Crippen molar-refractivity contribution in [2.24, 2.45) is 0 Å². The van der Waals surface area contributed by atoms with Gasteiger partial charge in [-0.2, -0.15) is 0 Å². The average Bonchev–Trinajstić information content (AvgIpc) is 2.81. The number of pyridine rings is 1. The molecule has 0 aliphatic carbocycles. The number of para-hydroxylation sites is 1. The maximum atomic E-state index is 12.7. The molecule has 0 spiro atoms. The lowest BCUT2D eigenvalue weighted by atomic mass is 10.0. The lowest BCUT2D eigenvalue weighted by molar-refractivity contribution is 0.0953. The van der Waals surface area contributed by atoms with E-state index in [0.717, 1.165) is 16.6 Å². The summed E-state index contributed by atoms with van der Waals surface area (Å²) in [6.45, 7) is 1.11. The van der Waals surface area contributed by atoms with Crippen molar-refractivity contribution < 1.29 is 9.21 Å². The van der Waals surface area contributed by atoms with Gasteiger partial charge in [0.1, 0.15) is 5.58 Å². The molecule has 1 amide bonds. The van der Waals surface area contributed by atoms with Crippen LogP contribution in [-0.2, 0) is 6.42 Å². The Morgan fingerprint density at radius 1 is 0.935 bits per heavy atom. The standard InChI is InChI=1S/C25H23N3O3/c29-24(19-10-6-13-26-17-19)28-15-7-14-27-23-20-11-4-5-12-22(20)31-25(30)21(23)16-18-8-2-1-3-9-18/h1-6,8-13,17,27H,7,14-16H2,(H,28,29). The highest BCUT2D eigenvalue weighted by atomic mass is 16.4. The van der Waals surface area contributed by atoms with Crippen LogP contribution in [0.15, 0.2) is 88.3 Å². The van der Waals surface area contributed by atoms with Gasteiger partial charge >= 0.3 is 5.63 Å². The number of carbonyl (C=O) groups is 1. The van der Waals surface area contributed by atoms with Crippen molar-refractivity contribution >= 4 is 22.6 Å². The number of nitrogens with one attached hydrogen (secondary N) is 2. The van der Waals surface area contributed by atoms with E-state index in [1.165, 1.54) is 0 Å². The number of hydrogen-bond acceptors (Lipinski definition) is 5. The van der Waals surface area contributed by atoms with Crippen molar-refractivity contribution in [3.8, 4) is 0 Å². The zero-order valence-corrected chi connectivity index (χ0v) is 17.0. The van der Waals surface area contributed by atoms with Crippen molar-refractivity contribution in [3.63, 3.8) is 0 Å². The van der Waals surface area contributed by atoms with Crippen molar-refractivity contribution in [1.82, 2.24) is 10.3 Å². The van der Waals surface area contributed by atoms with Crippen LogP contribution in [0.25, 0.3) is 11.0 Å². The zero-order valence-electron chi connectivity index (χ0n) is 17.0. The fourth-order valence-electron chi connectivity index (χ4n) is 3.45. The topological polar surface area (TPSA) is 84.2 Å². The second kappa shape index (κ2) is 9.71. The third kappa shape index (κ3) is 4.98. The fourth-order valence-corrected chi connectivity index (χ4v) is 3.45. The number of carbonyl (C=O) groups excluding carboxylic acids is 1. The third-order valence-electron chi connectivity index (χ3n) is 5.00. The number of amides is 1. The summed E-state index contributed by atoms with van der Waals surface area (Å²) in [7, 11) is 0. The normalized spacial score (nSPS) is 10.7. The smallest absolute Gasteiger partial charge is 0.341 e. The Morgan fingerprint density at radius 3 is 2.55 bits per heavy atom. The lowest BCUT2D eigenvalue weighted by Gasteiger charge is -2.14. The molecular formula is C25H23N3O3. The van der Waals surface area contributed by atoms with Gasteiger partial charge in [0.15, 0.2) is 0 Å². The first-order valence-electron chi connectivity index (χ1n) is 10.2. The largest absolute Gasteiger partial charge is 0.422 e. The molecule has 6 nitrogen and oxygen atoms in total. The summed E-state index contributed by atoms with van der Waals surface area (Å²) in [5, 5.41) is 7.16. The number of benzene rings is 2. The molecule has 0 unspecified atom stereocenters. The van der Waals surface area contributed by atoms with E-state index in [-0.39, 0.29) is 11.5 Å². The van der Waals surface area contributed by atoms with Crippen molar-refractivity contribution in [3.05, 3.63) is 106 Å². The summed E-state index contributed by atoms with van der Waals surface area (Å²) in [6.07, 6.45) is 4.35. The predicted molar refractivity (Wildman–Crippen MR) is 121 cm³/mol. The zero-order chi connectivity index (χ0) is 21.5. The summed E-state index contributed by atoms with van der Waals surface area (Å²) in [5.74, 6) is -0.149. The van der Waals surface area contributed by atoms with Gasteiger partial charge in [-0.15, -0.1) is 0 Å². The third-order valence-corrected chi connectivity index (χ3v) is 5.00. The van der Waals surface area contributed by atoms with Gasteiger partial charge in [0.05, 0.1) is 16.8 Å². The van der Waals surface area contributed by atoms with E-state index < -0.39 is 0 Å². The number of rotatable bonds is 8. The second-order valence-corrected chi connectivity index (χ2v) is 7.18. The van der Waals surface area contributed by atoms with E-state index in [1.807, 2.05) is 48.5 Å². The molecule has 156 valence electrons. The first-order valence-corrected chi connectivity index (χ1v) is 10.2. The quantitative estimate of drug-likeness (QED) is 0.337. The van der Waals surface area contributed by atoms with E-state index in [0.29, 0.717) is 42.6 Å². The van der Waals surface area contributed by atoms with Gasteiger partial charge in [-0.3, -0.25) is 9.78 Å². The van der Waals surface area contributed by atoms with Crippen LogP contribution in [-0.4, -0.2) is 24.0 Å². The number of anilines is 1. The first kappa shape index (κ1) is 20.3. The molecule has 6 heteroatoms. The highest BCUT2D eigenvalue weighted by Gasteiger charge is 2.15. The molecule has 0 atom stereocenters. The number of aromatic nitrogens is 1. The molecule has 31 heavy (non-hydrogen) atoms. The van der Waals surface area contributed by atoms with E-state index in [2.05, 4.69) is 15.6 Å². The summed E-state index contributed by atoms with van der Waals surface area (Å²) in [6, 6.07) is 20.8. The summed E-state index contributed by atoms with van der Waals surface area (Å²) in [5.41, 5.74) is 3.18. The highest BCUT2D eigenvalue weighted by molar-refractivity contribution is 5.93. The summed E-state index contributed by atoms with van der Waals surface area (Å²) in [4.78, 5) is 28.8. The Balaban J connectivity index is 1.47. The Morgan fingerprint density at radius 2 is 1.74 bits per heavy atom. The second-order valence-electron chi connectivity index (χ2n) is 7.18. The van der Waals surface area contributed by atoms with Crippen LogP contribution in [0.4, 0.5) is 5.69 Å². The SMILES string of the molecule is O=C(NCCCNc1c(Cc2ccccc2)c(=O)oc2ccccc12)c1cccnc1. The van der Waals surface area contributed by atoms with Crippen LogP contribution in [0.1, 0.15) is 27.9 Å². The van der Waals surface area contributed by atoms with Gasteiger partial charge in [0.2, 0.25) is 0 Å². The molecular weight excluding hydrogens is 390 g/mol. The van der Waals surface area contributed by atoms with Crippen LogP contribution in [0.5, 0.6) is 0 Å². The van der Waals surface area contributed by atoms with Gasteiger partial charge in [-0.25, -0.2) is 4.79 Å². The minimum Gasteiger partial charge on any atom is -0.422 e. The molecule has 0 aliphatic heterocycles. The van der Waals surface area contributed by atoms with E-state index in [1.54, 1.807) is 30.6 Å². The molecule has 4 rings (SSSR count). The highest BCUT2D eigenvalue weighted by Crippen LogP contribution is 2.26. The van der Waals surface area contributed by atoms with Crippen molar-refractivity contribution in [1.29, 1.82) is 0 Å². The molecule has 0 bridgehead atoms. The molecule has 0 aliphatic rings. The summed E-state index contributed by atoms with van der Waals surface area (Å²) >= 11 is 0. The molecule has 0 radical (unpaired) electrons. The number of fused-ring (bicyclic) bond motifs is 1. The minimum absolute atomic E-state index is 0.149. The minimum atomic E-state index is -0.338. The molecule has 0 saturated heterocycles. The lowest BCUT2D eigenvalue weighted by Crippen LogP contribution is -2.26. The molecule has 2 heterocycles. The maximum absolute atomic E-state index is 12.7. The van der Waals surface area contributed by atoms with Crippen molar-refractivity contribution in [2.75, 3.05) is 18.4 Å². The van der Waals surface area contributed by atoms with Gasteiger partial charge in [0.25, 0.3) is 5.91 Å². The van der Waals surface area contributed by atoms with E-state index >= 15 is 0 Å². The fraction of sp³-hybridized carbons (Fsp3) is 0.160. The van der Waals surface area contributed by atoms with E-state index in [4.69, 9.17) is 4.42 Å². The Hall–Kier alpha value is -3.93. The maximum Gasteiger partial charge on any atom is 0.341 e. The molecule has 4 aromatic rings. The Bertz CT molecular complexity index is 1220. The molecule has 0 fully saturated rings. The van der Waals surface area contributed by atoms with Crippen LogP contribution in [0, 0.1) is 0 Å². The van der Waals surface area contributed by atoms with Gasteiger partial charge in [-0.05, 0) is 36.2 Å². The first-order chi connectivity index (χ1) is 15.2. The number of hydrogen-bond donors (Lipinski definition) is 2. The molecule has 0 saturated carbocycles. The monoisotopic (exact) mass is 413 g/mol. The van der Waals surface area contributed by atoms with Crippen molar-refractivity contribution in [2.45, 2.75) is 12.8 Å². The van der Waals surface area contributed by atoms with Gasteiger partial charge < -0.3 is 15.1 Å². The van der Waals surface area contributed by atoms with Crippen LogP contribution >= 0.6 is 0 Å². The molecule has 2 aromatic heterocycles. The Labute approximate surface area is 179 Å². The molecule has 2 N–H and O–H groups in total. The number of nitrogens with zero attached hydrogens (tertiary/aromatic N) is 1. The average molecular weight is 413 g/mol. The molecule has 2 aromatic carbocycles. The van der Waals surface area contributed by atoms with Gasteiger partial charge in [0, 0.05) is 37.3 Å². The van der Waals surface area contributed by atoms with Crippen LogP contribution in [0.2, 0.25) is 0 Å². The van der Waals surface area contributed by atoms with E-state index in [9.17, 15) is 9.59 Å². The van der Waals surface area contributed by atoms with Crippen LogP contribution in [0.3, 0.4) is 0 Å². The van der Waals surface area contributed by atoms with Crippen LogP contribution < -0.4 is 16.3 Å².